The average molecular weight is 363 g/mol. The zero-order chi connectivity index (χ0) is 18.2. The van der Waals surface area contributed by atoms with Crippen molar-refractivity contribution in [1.29, 1.82) is 0 Å². The van der Waals surface area contributed by atoms with Crippen molar-refractivity contribution in [3.05, 3.63) is 36.2 Å². The van der Waals surface area contributed by atoms with E-state index < -0.39 is 15.8 Å². The molecular weight excluding hydrogens is 346 g/mol. The fourth-order valence-corrected chi connectivity index (χ4v) is 2.71. The quantitative estimate of drug-likeness (QED) is 0.725. The number of ether oxygens (including phenoxy) is 1. The van der Waals surface area contributed by atoms with Gasteiger partial charge < -0.3 is 10.1 Å². The van der Waals surface area contributed by atoms with Gasteiger partial charge >= 0.3 is 0 Å². The van der Waals surface area contributed by atoms with Crippen LogP contribution in [0.1, 0.15) is 19.4 Å². The highest BCUT2D eigenvalue weighted by Gasteiger charge is 2.37. The summed E-state index contributed by atoms with van der Waals surface area (Å²) in [5.41, 5.74) is 0.826. The second-order valence-electron chi connectivity index (χ2n) is 6.03. The Hall–Kier alpha value is -2.56. The number of fused-ring (bicyclic) bond motifs is 1. The van der Waals surface area contributed by atoms with Crippen molar-refractivity contribution < 1.29 is 17.9 Å². The summed E-state index contributed by atoms with van der Waals surface area (Å²) < 4.78 is 30.1. The highest BCUT2D eigenvalue weighted by atomic mass is 32.2. The predicted octanol–water partition coefficient (Wildman–Crippen LogP) is 0.546. The van der Waals surface area contributed by atoms with Gasteiger partial charge in [-0.1, -0.05) is 18.2 Å². The summed E-state index contributed by atoms with van der Waals surface area (Å²) >= 11 is 0. The van der Waals surface area contributed by atoms with Gasteiger partial charge in [0.2, 0.25) is 0 Å². The van der Waals surface area contributed by atoms with Crippen molar-refractivity contribution in [3.8, 4) is 17.0 Å². The van der Waals surface area contributed by atoms with Crippen molar-refractivity contribution >= 4 is 21.9 Å². The minimum absolute atomic E-state index is 0.0447. The van der Waals surface area contributed by atoms with E-state index in [1.807, 2.05) is 0 Å². The van der Waals surface area contributed by atoms with Gasteiger partial charge in [0.15, 0.2) is 17.2 Å². The first-order valence-corrected chi connectivity index (χ1v) is 8.92. The number of aromatic nitrogens is 2. The number of rotatable bonds is 4. The van der Waals surface area contributed by atoms with E-state index in [2.05, 4.69) is 20.0 Å². The van der Waals surface area contributed by atoms with Gasteiger partial charge in [0.25, 0.3) is 16.1 Å². The number of nitrogens with one attached hydrogen (secondary N) is 2. The predicted molar refractivity (Wildman–Crippen MR) is 90.8 cm³/mol. The van der Waals surface area contributed by atoms with Crippen molar-refractivity contribution in [3.63, 3.8) is 0 Å². The minimum Gasteiger partial charge on any atom is -0.472 e. The number of nitrogens with two attached hydrogens (primary N) is 1. The van der Waals surface area contributed by atoms with Gasteiger partial charge in [-0.25, -0.2) is 15.1 Å². The van der Waals surface area contributed by atoms with Crippen molar-refractivity contribution in [2.24, 2.45) is 5.14 Å². The lowest BCUT2D eigenvalue weighted by atomic mass is 10.0. The van der Waals surface area contributed by atoms with Gasteiger partial charge in [0.1, 0.15) is 12.0 Å². The standard InChI is InChI=1S/C15H17N5O4S/c1-15(2)14(21)20-13-12(24-15)11(17-8-18-13)10-5-3-4-9(6-10)7-19-25(16,22)23/h3-6,8,19H,7H2,1-2H3,(H2,16,22,23)(H,17,18,20,21). The summed E-state index contributed by atoms with van der Waals surface area (Å²) in [6.07, 6.45) is 1.32. The molecule has 1 aliphatic heterocycles. The number of carbonyl (C=O) groups excluding carboxylic acids is 1. The SMILES string of the molecule is CC1(C)Oc2c(ncnc2-c2cccc(CNS(N)(=O)=O)c2)NC1=O. The first kappa shape index (κ1) is 17.3. The summed E-state index contributed by atoms with van der Waals surface area (Å²) in [5, 5.41) is 7.64. The van der Waals surface area contributed by atoms with Gasteiger partial charge in [-0.05, 0) is 25.5 Å². The third kappa shape index (κ3) is 3.76. The lowest BCUT2D eigenvalue weighted by molar-refractivity contribution is -0.129. The smallest absolute Gasteiger partial charge is 0.274 e. The molecule has 0 spiro atoms. The van der Waals surface area contributed by atoms with Crippen LogP contribution in [0.3, 0.4) is 0 Å². The van der Waals surface area contributed by atoms with Gasteiger partial charge in [0.05, 0.1) is 0 Å². The lowest BCUT2D eigenvalue weighted by Crippen LogP contribution is -2.46. The highest BCUT2D eigenvalue weighted by Crippen LogP contribution is 2.39. The molecule has 0 unspecified atom stereocenters. The molecular formula is C15H17N5O4S. The molecule has 0 saturated carbocycles. The van der Waals surface area contributed by atoms with E-state index in [1.54, 1.807) is 38.1 Å². The average Bonchev–Trinajstić information content (AvgIpc) is 2.53. The number of hydrogen-bond acceptors (Lipinski definition) is 6. The van der Waals surface area contributed by atoms with Crippen LogP contribution < -0.4 is 19.9 Å². The molecule has 1 amide bonds. The fraction of sp³-hybridized carbons (Fsp3) is 0.267. The Morgan fingerprint density at radius 3 is 2.80 bits per heavy atom. The molecule has 0 radical (unpaired) electrons. The maximum atomic E-state index is 12.0. The zero-order valence-electron chi connectivity index (χ0n) is 13.6. The number of anilines is 1. The van der Waals surface area contributed by atoms with Crippen LogP contribution >= 0.6 is 0 Å². The monoisotopic (exact) mass is 363 g/mol. The molecule has 1 aromatic carbocycles. The third-order valence-electron chi connectivity index (χ3n) is 3.62. The molecule has 0 saturated heterocycles. The lowest BCUT2D eigenvalue weighted by Gasteiger charge is -2.31. The summed E-state index contributed by atoms with van der Waals surface area (Å²) in [7, 11) is -3.78. The molecule has 1 aliphatic rings. The van der Waals surface area contributed by atoms with E-state index in [1.165, 1.54) is 6.33 Å². The Morgan fingerprint density at radius 2 is 2.08 bits per heavy atom. The Labute approximate surface area is 144 Å². The molecule has 1 aromatic heterocycles. The second kappa shape index (κ2) is 6.06. The van der Waals surface area contributed by atoms with Crippen LogP contribution in [-0.2, 0) is 21.5 Å². The minimum atomic E-state index is -3.78. The van der Waals surface area contributed by atoms with Crippen molar-refractivity contribution in [2.75, 3.05) is 5.32 Å². The van der Waals surface area contributed by atoms with Crippen LogP contribution in [0.2, 0.25) is 0 Å². The van der Waals surface area contributed by atoms with Gasteiger partial charge in [-0.15, -0.1) is 0 Å². The van der Waals surface area contributed by atoms with Crippen LogP contribution in [0.15, 0.2) is 30.6 Å². The molecule has 0 bridgehead atoms. The molecule has 4 N–H and O–H groups in total. The van der Waals surface area contributed by atoms with E-state index in [9.17, 15) is 13.2 Å². The van der Waals surface area contributed by atoms with Crippen LogP contribution in [0.25, 0.3) is 11.3 Å². The topological polar surface area (TPSA) is 136 Å². The Morgan fingerprint density at radius 1 is 1.32 bits per heavy atom. The van der Waals surface area contributed by atoms with E-state index in [0.717, 1.165) is 0 Å². The van der Waals surface area contributed by atoms with E-state index >= 15 is 0 Å². The van der Waals surface area contributed by atoms with E-state index in [0.29, 0.717) is 28.4 Å². The molecule has 0 aliphatic carbocycles. The second-order valence-corrected chi connectivity index (χ2v) is 7.41. The Kier molecular flexibility index (Phi) is 4.19. The number of nitrogens with zero attached hydrogens (tertiary/aromatic N) is 2. The third-order valence-corrected chi connectivity index (χ3v) is 4.16. The molecule has 132 valence electrons. The molecule has 10 heteroatoms. The first-order valence-electron chi connectivity index (χ1n) is 7.38. The zero-order valence-corrected chi connectivity index (χ0v) is 14.4. The molecule has 0 atom stereocenters. The molecule has 2 aromatic rings. The van der Waals surface area contributed by atoms with Crippen LogP contribution in [0.4, 0.5) is 5.82 Å². The molecule has 2 heterocycles. The van der Waals surface area contributed by atoms with E-state index in [-0.39, 0.29) is 12.5 Å². The normalized spacial score (nSPS) is 15.9. The molecule has 25 heavy (non-hydrogen) atoms. The summed E-state index contributed by atoms with van der Waals surface area (Å²) in [6.45, 7) is 3.34. The van der Waals surface area contributed by atoms with Crippen LogP contribution in [0.5, 0.6) is 5.75 Å². The van der Waals surface area contributed by atoms with Crippen molar-refractivity contribution in [1.82, 2.24) is 14.7 Å². The summed E-state index contributed by atoms with van der Waals surface area (Å²) in [5.74, 6) is 0.363. The number of benzene rings is 1. The maximum Gasteiger partial charge on any atom is 0.274 e. The van der Waals surface area contributed by atoms with Gasteiger partial charge in [0, 0.05) is 12.1 Å². The number of amides is 1. The van der Waals surface area contributed by atoms with Crippen LogP contribution in [0, 0.1) is 0 Å². The first-order chi connectivity index (χ1) is 11.7. The highest BCUT2D eigenvalue weighted by molar-refractivity contribution is 7.87. The number of hydrogen-bond donors (Lipinski definition) is 3. The van der Waals surface area contributed by atoms with E-state index in [4.69, 9.17) is 9.88 Å². The summed E-state index contributed by atoms with van der Waals surface area (Å²) in [6, 6.07) is 7.07. The van der Waals surface area contributed by atoms with Gasteiger partial charge in [-0.2, -0.15) is 13.1 Å². The maximum absolute atomic E-state index is 12.0. The van der Waals surface area contributed by atoms with Crippen molar-refractivity contribution in [2.45, 2.75) is 26.0 Å². The Bertz CT molecular complexity index is 943. The molecule has 9 nitrogen and oxygen atoms in total. The Balaban J connectivity index is 1.99. The fourth-order valence-electron chi connectivity index (χ4n) is 2.34. The number of carbonyl (C=O) groups is 1. The molecule has 3 rings (SSSR count). The molecule has 0 fully saturated rings. The summed E-state index contributed by atoms with van der Waals surface area (Å²) in [4.78, 5) is 20.3. The largest absolute Gasteiger partial charge is 0.472 e. The van der Waals surface area contributed by atoms with Gasteiger partial charge in [-0.3, -0.25) is 4.79 Å². The van der Waals surface area contributed by atoms with Crippen LogP contribution in [-0.4, -0.2) is 29.9 Å².